The molecule has 1 aromatic rings. The number of carbonyl (C=O) groups excluding carboxylic acids is 1. The molecule has 0 bridgehead atoms. The van der Waals surface area contributed by atoms with E-state index in [2.05, 4.69) is 6.92 Å². The quantitative estimate of drug-likeness (QED) is 0.719. The molecule has 0 radical (unpaired) electrons. The summed E-state index contributed by atoms with van der Waals surface area (Å²) in [5.74, 6) is 0.377. The predicted octanol–water partition coefficient (Wildman–Crippen LogP) is 2.42. The summed E-state index contributed by atoms with van der Waals surface area (Å²) < 4.78 is 27.9. The molecule has 0 N–H and O–H groups in total. The van der Waals surface area contributed by atoms with Crippen molar-refractivity contribution in [2.75, 3.05) is 20.7 Å². The average molecular weight is 334 g/mol. The maximum Gasteiger partial charge on any atom is 0.261 e. The molecule has 118 valence electrons. The zero-order valence-electron chi connectivity index (χ0n) is 12.4. The number of amides is 1. The Morgan fingerprint density at radius 3 is 2.57 bits per heavy atom. The van der Waals surface area contributed by atoms with Crippen LogP contribution in [-0.2, 0) is 20.3 Å². The van der Waals surface area contributed by atoms with Crippen molar-refractivity contribution in [2.24, 2.45) is 0 Å². The highest BCUT2D eigenvalue weighted by molar-refractivity contribution is 8.13. The molecular formula is C14H20ClNO4S. The van der Waals surface area contributed by atoms with Crippen LogP contribution in [0.3, 0.4) is 0 Å². The number of nitrogens with zero attached hydrogens (tertiary/aromatic N) is 1. The van der Waals surface area contributed by atoms with Crippen molar-refractivity contribution in [1.82, 2.24) is 4.90 Å². The normalized spacial score (nSPS) is 11.2. The van der Waals surface area contributed by atoms with Gasteiger partial charge in [0, 0.05) is 29.8 Å². The number of rotatable bonds is 7. The molecule has 0 fully saturated rings. The fourth-order valence-corrected chi connectivity index (χ4v) is 2.66. The molecule has 1 rings (SSSR count). The first-order chi connectivity index (χ1) is 9.79. The van der Waals surface area contributed by atoms with Gasteiger partial charge in [0.2, 0.25) is 5.91 Å². The van der Waals surface area contributed by atoms with Crippen molar-refractivity contribution in [3.05, 3.63) is 23.8 Å². The van der Waals surface area contributed by atoms with Gasteiger partial charge in [-0.2, -0.15) is 0 Å². The predicted molar refractivity (Wildman–Crippen MR) is 82.3 cm³/mol. The molecule has 0 saturated heterocycles. The van der Waals surface area contributed by atoms with Crippen molar-refractivity contribution in [2.45, 2.75) is 31.1 Å². The Labute approximate surface area is 130 Å². The Morgan fingerprint density at radius 1 is 1.38 bits per heavy atom. The summed E-state index contributed by atoms with van der Waals surface area (Å²) in [6, 6.07) is 4.24. The molecule has 0 aliphatic heterocycles. The second kappa shape index (κ2) is 7.66. The van der Waals surface area contributed by atoms with E-state index in [1.807, 2.05) is 0 Å². The van der Waals surface area contributed by atoms with E-state index in [1.165, 1.54) is 25.3 Å². The van der Waals surface area contributed by atoms with Crippen LogP contribution in [0, 0.1) is 0 Å². The average Bonchev–Trinajstić information content (AvgIpc) is 2.43. The maximum absolute atomic E-state index is 12.1. The summed E-state index contributed by atoms with van der Waals surface area (Å²) in [6.45, 7) is 2.72. The first-order valence-corrected chi connectivity index (χ1v) is 8.96. The van der Waals surface area contributed by atoms with Gasteiger partial charge in [0.05, 0.1) is 18.4 Å². The Balaban J connectivity index is 2.98. The smallest absolute Gasteiger partial charge is 0.261 e. The van der Waals surface area contributed by atoms with Crippen LogP contribution in [0.25, 0.3) is 0 Å². The lowest BCUT2D eigenvalue weighted by atomic mass is 10.1. The lowest BCUT2D eigenvalue weighted by Gasteiger charge is -2.18. The number of hydrogen-bond acceptors (Lipinski definition) is 4. The monoisotopic (exact) mass is 333 g/mol. The van der Waals surface area contributed by atoms with Gasteiger partial charge >= 0.3 is 0 Å². The molecule has 5 nitrogen and oxygen atoms in total. The van der Waals surface area contributed by atoms with E-state index in [9.17, 15) is 13.2 Å². The van der Waals surface area contributed by atoms with Gasteiger partial charge in [-0.3, -0.25) is 4.79 Å². The number of carbonyl (C=O) groups is 1. The molecule has 0 aliphatic rings. The van der Waals surface area contributed by atoms with Crippen molar-refractivity contribution >= 4 is 25.6 Å². The molecule has 7 heteroatoms. The maximum atomic E-state index is 12.1. The summed E-state index contributed by atoms with van der Waals surface area (Å²) >= 11 is 0. The van der Waals surface area contributed by atoms with Gasteiger partial charge in [-0.05, 0) is 24.6 Å². The van der Waals surface area contributed by atoms with E-state index in [0.717, 1.165) is 12.8 Å². The van der Waals surface area contributed by atoms with Gasteiger partial charge in [0.15, 0.2) is 0 Å². The van der Waals surface area contributed by atoms with Gasteiger partial charge in [-0.15, -0.1) is 0 Å². The molecule has 0 aliphatic carbocycles. The Kier molecular flexibility index (Phi) is 6.48. The standard InChI is InChI=1S/C14H20ClNO4S/c1-4-5-8-16(2)14(17)10-11-9-12(21(15,18)19)6-7-13(11)20-3/h6-7,9H,4-5,8,10H2,1-3H3. The molecule has 0 spiro atoms. The third-order valence-corrected chi connectivity index (χ3v) is 4.50. The van der Waals surface area contributed by atoms with E-state index in [4.69, 9.17) is 15.4 Å². The molecule has 1 amide bonds. The molecule has 0 atom stereocenters. The second-order valence-electron chi connectivity index (χ2n) is 4.76. The molecule has 0 unspecified atom stereocenters. The number of benzene rings is 1. The molecule has 0 aromatic heterocycles. The summed E-state index contributed by atoms with van der Waals surface area (Å²) in [6.07, 6.45) is 2.00. The number of hydrogen-bond donors (Lipinski definition) is 0. The van der Waals surface area contributed by atoms with Gasteiger partial charge in [-0.1, -0.05) is 13.3 Å². The topological polar surface area (TPSA) is 63.7 Å². The molecule has 0 heterocycles. The van der Waals surface area contributed by atoms with Crippen LogP contribution in [0.2, 0.25) is 0 Å². The first-order valence-electron chi connectivity index (χ1n) is 6.65. The number of ether oxygens (including phenoxy) is 1. The third kappa shape index (κ3) is 5.21. The van der Waals surface area contributed by atoms with E-state index < -0.39 is 9.05 Å². The van der Waals surface area contributed by atoms with E-state index in [0.29, 0.717) is 17.9 Å². The van der Waals surface area contributed by atoms with Crippen LogP contribution in [0.5, 0.6) is 5.75 Å². The third-order valence-electron chi connectivity index (χ3n) is 3.15. The summed E-state index contributed by atoms with van der Waals surface area (Å²) in [5.41, 5.74) is 0.507. The van der Waals surface area contributed by atoms with E-state index in [-0.39, 0.29) is 17.2 Å². The zero-order chi connectivity index (χ0) is 16.0. The SMILES string of the molecule is CCCCN(C)C(=O)Cc1cc(S(=O)(=O)Cl)ccc1OC. The van der Waals surface area contributed by atoms with Crippen LogP contribution in [-0.4, -0.2) is 39.9 Å². The van der Waals surface area contributed by atoms with Gasteiger partial charge in [-0.25, -0.2) is 8.42 Å². The highest BCUT2D eigenvalue weighted by atomic mass is 35.7. The van der Waals surface area contributed by atoms with Crippen molar-refractivity contribution in [3.63, 3.8) is 0 Å². The number of methoxy groups -OCH3 is 1. The van der Waals surface area contributed by atoms with Crippen LogP contribution < -0.4 is 4.74 Å². The van der Waals surface area contributed by atoms with Crippen LogP contribution in [0.4, 0.5) is 0 Å². The minimum Gasteiger partial charge on any atom is -0.496 e. The number of likely N-dealkylation sites (N-methyl/N-ethyl adjacent to an activating group) is 1. The fourth-order valence-electron chi connectivity index (χ4n) is 1.86. The number of unbranched alkanes of at least 4 members (excludes halogenated alkanes) is 1. The molecule has 21 heavy (non-hydrogen) atoms. The van der Waals surface area contributed by atoms with Crippen LogP contribution in [0.15, 0.2) is 23.1 Å². The summed E-state index contributed by atoms with van der Waals surface area (Å²) in [7, 11) is 4.70. The molecular weight excluding hydrogens is 314 g/mol. The minimum absolute atomic E-state index is 0.0380. The lowest BCUT2D eigenvalue weighted by molar-refractivity contribution is -0.129. The molecule has 0 saturated carbocycles. The van der Waals surface area contributed by atoms with Crippen molar-refractivity contribution < 1.29 is 17.9 Å². The van der Waals surface area contributed by atoms with E-state index >= 15 is 0 Å². The van der Waals surface area contributed by atoms with Gasteiger partial charge in [0.25, 0.3) is 9.05 Å². The summed E-state index contributed by atoms with van der Waals surface area (Å²) in [5, 5.41) is 0. The van der Waals surface area contributed by atoms with Crippen LogP contribution in [0.1, 0.15) is 25.3 Å². The first kappa shape index (κ1) is 17.8. The van der Waals surface area contributed by atoms with Crippen molar-refractivity contribution in [1.29, 1.82) is 0 Å². The van der Waals surface area contributed by atoms with Gasteiger partial charge < -0.3 is 9.64 Å². The van der Waals surface area contributed by atoms with Crippen molar-refractivity contribution in [3.8, 4) is 5.75 Å². The highest BCUT2D eigenvalue weighted by Gasteiger charge is 2.17. The Hall–Kier alpha value is -1.27. The Bertz CT molecular complexity index is 601. The minimum atomic E-state index is -3.83. The zero-order valence-corrected chi connectivity index (χ0v) is 14.0. The Morgan fingerprint density at radius 2 is 2.05 bits per heavy atom. The van der Waals surface area contributed by atoms with Gasteiger partial charge in [0.1, 0.15) is 5.75 Å². The summed E-state index contributed by atoms with van der Waals surface area (Å²) in [4.78, 5) is 13.7. The fraction of sp³-hybridized carbons (Fsp3) is 0.500. The second-order valence-corrected chi connectivity index (χ2v) is 7.32. The van der Waals surface area contributed by atoms with Crippen LogP contribution >= 0.6 is 10.7 Å². The lowest BCUT2D eigenvalue weighted by Crippen LogP contribution is -2.29. The van der Waals surface area contributed by atoms with E-state index in [1.54, 1.807) is 11.9 Å². The number of halogens is 1. The molecule has 1 aromatic carbocycles. The highest BCUT2D eigenvalue weighted by Crippen LogP contribution is 2.25. The largest absolute Gasteiger partial charge is 0.496 e.